The van der Waals surface area contributed by atoms with Crippen LogP contribution in [-0.2, 0) is 0 Å². The Morgan fingerprint density at radius 1 is 1.19 bits per heavy atom. The SMILES string of the molecule is Nc1ccc(C(=O)Nc2c(Br)cccc2C(=O)O)c(F)c1. The number of carbonyl (C=O) groups is 2. The van der Waals surface area contributed by atoms with Crippen molar-refractivity contribution >= 4 is 39.2 Å². The van der Waals surface area contributed by atoms with Crippen molar-refractivity contribution in [1.29, 1.82) is 0 Å². The summed E-state index contributed by atoms with van der Waals surface area (Å²) in [6.45, 7) is 0. The number of nitrogen functional groups attached to an aromatic ring is 1. The monoisotopic (exact) mass is 352 g/mol. The zero-order valence-corrected chi connectivity index (χ0v) is 12.1. The van der Waals surface area contributed by atoms with Gasteiger partial charge in [-0.05, 0) is 46.3 Å². The number of hydrogen-bond donors (Lipinski definition) is 3. The summed E-state index contributed by atoms with van der Waals surface area (Å²) < 4.78 is 14.1. The van der Waals surface area contributed by atoms with E-state index in [0.29, 0.717) is 4.47 Å². The van der Waals surface area contributed by atoms with E-state index in [1.54, 1.807) is 6.07 Å². The molecule has 0 aliphatic carbocycles. The van der Waals surface area contributed by atoms with Crippen molar-refractivity contribution in [3.05, 3.63) is 57.8 Å². The van der Waals surface area contributed by atoms with Gasteiger partial charge in [0.1, 0.15) is 5.82 Å². The first-order valence-electron chi connectivity index (χ1n) is 5.78. The minimum Gasteiger partial charge on any atom is -0.478 e. The zero-order chi connectivity index (χ0) is 15.6. The number of rotatable bonds is 3. The van der Waals surface area contributed by atoms with Gasteiger partial charge in [-0.1, -0.05) is 6.07 Å². The molecule has 0 atom stereocenters. The average molecular weight is 353 g/mol. The highest BCUT2D eigenvalue weighted by atomic mass is 79.9. The second-order valence-electron chi connectivity index (χ2n) is 4.16. The van der Waals surface area contributed by atoms with Gasteiger partial charge in [-0.15, -0.1) is 0 Å². The second-order valence-corrected chi connectivity index (χ2v) is 5.02. The van der Waals surface area contributed by atoms with E-state index in [2.05, 4.69) is 21.2 Å². The average Bonchev–Trinajstić information content (AvgIpc) is 2.40. The molecule has 1 amide bonds. The molecule has 0 spiro atoms. The maximum atomic E-state index is 13.7. The topological polar surface area (TPSA) is 92.4 Å². The standard InChI is InChI=1S/C14H10BrFN2O3/c15-10-3-1-2-9(14(20)21)12(10)18-13(19)8-5-4-7(17)6-11(8)16/h1-6H,17H2,(H,18,19)(H,20,21). The lowest BCUT2D eigenvalue weighted by Crippen LogP contribution is -2.16. The van der Waals surface area contributed by atoms with Gasteiger partial charge in [0, 0.05) is 10.2 Å². The van der Waals surface area contributed by atoms with E-state index in [1.807, 2.05) is 0 Å². The first kappa shape index (κ1) is 15.0. The van der Waals surface area contributed by atoms with Crippen LogP contribution in [0, 0.1) is 5.82 Å². The molecule has 21 heavy (non-hydrogen) atoms. The smallest absolute Gasteiger partial charge is 0.337 e. The molecular weight excluding hydrogens is 343 g/mol. The Balaban J connectivity index is 2.38. The third-order valence-electron chi connectivity index (χ3n) is 2.72. The van der Waals surface area contributed by atoms with E-state index in [0.717, 1.165) is 6.07 Å². The summed E-state index contributed by atoms with van der Waals surface area (Å²) in [5, 5.41) is 11.5. The molecule has 0 radical (unpaired) electrons. The zero-order valence-electron chi connectivity index (χ0n) is 10.6. The lowest BCUT2D eigenvalue weighted by molar-refractivity contribution is 0.0698. The highest BCUT2D eigenvalue weighted by molar-refractivity contribution is 9.10. The van der Waals surface area contributed by atoms with Crippen molar-refractivity contribution in [2.45, 2.75) is 0 Å². The Morgan fingerprint density at radius 2 is 1.90 bits per heavy atom. The number of nitrogens with two attached hydrogens (primary N) is 1. The van der Waals surface area contributed by atoms with Gasteiger partial charge in [-0.3, -0.25) is 4.79 Å². The summed E-state index contributed by atoms with van der Waals surface area (Å²) in [5.41, 5.74) is 5.33. The van der Waals surface area contributed by atoms with Crippen molar-refractivity contribution in [3.8, 4) is 0 Å². The van der Waals surface area contributed by atoms with Crippen molar-refractivity contribution < 1.29 is 19.1 Å². The number of anilines is 2. The first-order valence-corrected chi connectivity index (χ1v) is 6.57. The van der Waals surface area contributed by atoms with E-state index in [4.69, 9.17) is 10.8 Å². The van der Waals surface area contributed by atoms with Crippen molar-refractivity contribution in [1.82, 2.24) is 0 Å². The normalized spacial score (nSPS) is 10.2. The van der Waals surface area contributed by atoms with Crippen molar-refractivity contribution in [2.75, 3.05) is 11.1 Å². The van der Waals surface area contributed by atoms with Crippen LogP contribution in [0.2, 0.25) is 0 Å². The number of carbonyl (C=O) groups excluding carboxylic acids is 1. The number of benzene rings is 2. The Morgan fingerprint density at radius 3 is 2.52 bits per heavy atom. The highest BCUT2D eigenvalue weighted by Crippen LogP contribution is 2.27. The van der Waals surface area contributed by atoms with Crippen LogP contribution >= 0.6 is 15.9 Å². The summed E-state index contributed by atoms with van der Waals surface area (Å²) >= 11 is 3.15. The Labute approximate surface area is 127 Å². The van der Waals surface area contributed by atoms with Gasteiger partial charge in [0.15, 0.2) is 0 Å². The van der Waals surface area contributed by atoms with Crippen LogP contribution in [0.3, 0.4) is 0 Å². The molecule has 0 aliphatic rings. The maximum absolute atomic E-state index is 13.7. The molecule has 0 saturated carbocycles. The fourth-order valence-corrected chi connectivity index (χ4v) is 2.19. The summed E-state index contributed by atoms with van der Waals surface area (Å²) in [6, 6.07) is 8.07. The molecule has 7 heteroatoms. The van der Waals surface area contributed by atoms with Crippen LogP contribution in [0.4, 0.5) is 15.8 Å². The molecule has 108 valence electrons. The third-order valence-corrected chi connectivity index (χ3v) is 3.38. The van der Waals surface area contributed by atoms with Crippen LogP contribution in [0.5, 0.6) is 0 Å². The predicted octanol–water partition coefficient (Wildman–Crippen LogP) is 3.12. The second kappa shape index (κ2) is 5.92. The number of amides is 1. The first-order chi connectivity index (χ1) is 9.90. The number of nitrogens with one attached hydrogen (secondary N) is 1. The Bertz CT molecular complexity index is 734. The molecular formula is C14H10BrFN2O3. The molecule has 2 aromatic rings. The van der Waals surface area contributed by atoms with E-state index < -0.39 is 17.7 Å². The molecule has 0 heterocycles. The van der Waals surface area contributed by atoms with Crippen LogP contribution < -0.4 is 11.1 Å². The van der Waals surface area contributed by atoms with Crippen molar-refractivity contribution in [2.24, 2.45) is 0 Å². The molecule has 0 fully saturated rings. The lowest BCUT2D eigenvalue weighted by Gasteiger charge is -2.11. The fourth-order valence-electron chi connectivity index (χ4n) is 1.73. The minimum atomic E-state index is -1.20. The van der Waals surface area contributed by atoms with Crippen LogP contribution in [0.25, 0.3) is 0 Å². The van der Waals surface area contributed by atoms with Gasteiger partial charge in [0.25, 0.3) is 5.91 Å². The molecule has 5 nitrogen and oxygen atoms in total. The third kappa shape index (κ3) is 3.19. The van der Waals surface area contributed by atoms with Gasteiger partial charge < -0.3 is 16.2 Å². The number of halogens is 2. The number of carboxylic acids is 1. The van der Waals surface area contributed by atoms with Crippen molar-refractivity contribution in [3.63, 3.8) is 0 Å². The summed E-state index contributed by atoms with van der Waals surface area (Å²) in [7, 11) is 0. The van der Waals surface area contributed by atoms with E-state index in [-0.39, 0.29) is 22.5 Å². The molecule has 0 bridgehead atoms. The molecule has 0 unspecified atom stereocenters. The van der Waals surface area contributed by atoms with Gasteiger partial charge in [-0.25, -0.2) is 9.18 Å². The summed E-state index contributed by atoms with van der Waals surface area (Å²) in [5.74, 6) is -2.75. The van der Waals surface area contributed by atoms with Crippen LogP contribution in [0.1, 0.15) is 20.7 Å². The van der Waals surface area contributed by atoms with Crippen LogP contribution in [-0.4, -0.2) is 17.0 Å². The molecule has 0 saturated heterocycles. The van der Waals surface area contributed by atoms with Crippen LogP contribution in [0.15, 0.2) is 40.9 Å². The predicted molar refractivity (Wildman–Crippen MR) is 79.9 cm³/mol. The fraction of sp³-hybridized carbons (Fsp3) is 0. The number of carboxylic acid groups (broad SMARTS) is 1. The van der Waals surface area contributed by atoms with Gasteiger partial charge >= 0.3 is 5.97 Å². The molecule has 0 aliphatic heterocycles. The summed E-state index contributed by atoms with van der Waals surface area (Å²) in [4.78, 5) is 23.2. The molecule has 4 N–H and O–H groups in total. The molecule has 2 aromatic carbocycles. The number of hydrogen-bond acceptors (Lipinski definition) is 3. The molecule has 0 aromatic heterocycles. The minimum absolute atomic E-state index is 0.0613. The maximum Gasteiger partial charge on any atom is 0.337 e. The number of aromatic carboxylic acids is 1. The Kier molecular flexibility index (Phi) is 4.23. The highest BCUT2D eigenvalue weighted by Gasteiger charge is 2.18. The van der Waals surface area contributed by atoms with E-state index in [1.165, 1.54) is 24.3 Å². The van der Waals surface area contributed by atoms with E-state index >= 15 is 0 Å². The lowest BCUT2D eigenvalue weighted by atomic mass is 10.1. The number of para-hydroxylation sites is 1. The largest absolute Gasteiger partial charge is 0.478 e. The Hall–Kier alpha value is -2.41. The van der Waals surface area contributed by atoms with Gasteiger partial charge in [0.2, 0.25) is 0 Å². The van der Waals surface area contributed by atoms with Gasteiger partial charge in [-0.2, -0.15) is 0 Å². The summed E-state index contributed by atoms with van der Waals surface area (Å²) in [6.07, 6.45) is 0. The van der Waals surface area contributed by atoms with E-state index in [9.17, 15) is 14.0 Å². The molecule has 2 rings (SSSR count). The quantitative estimate of drug-likeness (QED) is 0.740. The van der Waals surface area contributed by atoms with Gasteiger partial charge in [0.05, 0.1) is 16.8 Å².